The van der Waals surface area contributed by atoms with Crippen LogP contribution in [0.25, 0.3) is 27.6 Å². The molecule has 4 rings (SSSR count). The van der Waals surface area contributed by atoms with Crippen LogP contribution < -0.4 is 5.30 Å². The first kappa shape index (κ1) is 16.1. The number of benzene rings is 3. The van der Waals surface area contributed by atoms with E-state index in [9.17, 15) is 4.57 Å². The van der Waals surface area contributed by atoms with E-state index in [0.717, 1.165) is 32.7 Å². The third-order valence-corrected chi connectivity index (χ3v) is 6.00. The third kappa shape index (κ3) is 2.35. The lowest BCUT2D eigenvalue weighted by molar-refractivity contribution is -0.462. The predicted molar refractivity (Wildman–Crippen MR) is 106 cm³/mol. The summed E-state index contributed by atoms with van der Waals surface area (Å²) in [6.45, 7) is 2.09. The number of aryl methyl sites for hydroxylation is 1. The van der Waals surface area contributed by atoms with E-state index in [-0.39, 0.29) is 0 Å². The highest BCUT2D eigenvalue weighted by Crippen LogP contribution is 2.39. The highest BCUT2D eigenvalue weighted by atomic mass is 31.1. The summed E-state index contributed by atoms with van der Waals surface area (Å²) in [5.74, 6) is 0. The first-order valence-corrected chi connectivity index (χ1v) is 9.44. The van der Waals surface area contributed by atoms with Crippen molar-refractivity contribution in [1.29, 1.82) is 0 Å². The quantitative estimate of drug-likeness (QED) is 0.390. The zero-order valence-electron chi connectivity index (χ0n) is 14.8. The lowest BCUT2D eigenvalue weighted by Crippen LogP contribution is -2.18. The largest absolute Gasteiger partial charge is 0.549 e. The molecule has 3 aromatic carbocycles. The Kier molecular flexibility index (Phi) is 3.79. The molecule has 0 saturated carbocycles. The smallest absolute Gasteiger partial charge is 0.235 e. The number of hydrogen-bond donors (Lipinski definition) is 0. The minimum absolute atomic E-state index is 0.793. The molecule has 124 valence electrons. The van der Waals surface area contributed by atoms with Crippen molar-refractivity contribution in [2.45, 2.75) is 6.92 Å². The van der Waals surface area contributed by atoms with Gasteiger partial charge in [0.15, 0.2) is 0 Å². The van der Waals surface area contributed by atoms with Gasteiger partial charge >= 0.3 is 8.03 Å². The minimum Gasteiger partial charge on any atom is -0.235 e. The summed E-state index contributed by atoms with van der Waals surface area (Å²) in [7, 11) is 3.68. The predicted octanol–water partition coefficient (Wildman–Crippen LogP) is 4.40. The molecule has 0 amide bonds. The van der Waals surface area contributed by atoms with Gasteiger partial charge in [0.25, 0.3) is 0 Å². The van der Waals surface area contributed by atoms with Crippen molar-refractivity contribution in [2.24, 2.45) is 0 Å². The van der Waals surface area contributed by atoms with E-state index in [1.807, 2.05) is 14.1 Å². The maximum Gasteiger partial charge on any atom is 0.549 e. The van der Waals surface area contributed by atoms with Gasteiger partial charge in [-0.25, -0.2) is 4.58 Å². The van der Waals surface area contributed by atoms with E-state index in [4.69, 9.17) is 4.52 Å². The number of nitrogens with zero attached hydrogens (tertiary/aromatic N) is 1. The van der Waals surface area contributed by atoms with Crippen molar-refractivity contribution in [2.75, 3.05) is 21.2 Å². The first-order chi connectivity index (χ1) is 12.0. The van der Waals surface area contributed by atoms with E-state index in [2.05, 4.69) is 60.0 Å². The number of fused-ring (bicyclic) bond motifs is 2. The molecule has 0 aliphatic heterocycles. The molecule has 0 aromatic heterocycles. The first-order valence-electron chi connectivity index (χ1n) is 8.26. The van der Waals surface area contributed by atoms with Crippen LogP contribution in [-0.4, -0.2) is 31.5 Å². The van der Waals surface area contributed by atoms with Crippen molar-refractivity contribution in [3.8, 4) is 0 Å². The summed E-state index contributed by atoms with van der Waals surface area (Å²) < 4.78 is 20.1. The summed E-state index contributed by atoms with van der Waals surface area (Å²) in [5, 5.41) is 5.28. The minimum atomic E-state index is -1.91. The normalized spacial score (nSPS) is 13.6. The average molecular weight is 349 g/mol. The Labute approximate surface area is 148 Å². The van der Waals surface area contributed by atoms with Crippen LogP contribution >= 0.6 is 8.03 Å². The molecule has 0 saturated heterocycles. The Hall–Kier alpha value is -2.35. The van der Waals surface area contributed by atoms with Crippen molar-refractivity contribution < 1.29 is 13.7 Å². The SMILES string of the molecule is CO[P+](=O)c1c2c3c(cccc3c3cc(C)ccc13)C(=[N+](C)C)C=C2. The van der Waals surface area contributed by atoms with Gasteiger partial charge in [-0.15, -0.1) is 4.52 Å². The van der Waals surface area contributed by atoms with Crippen LogP contribution in [0.15, 0.2) is 42.5 Å². The highest BCUT2D eigenvalue weighted by molar-refractivity contribution is 7.49. The lowest BCUT2D eigenvalue weighted by atomic mass is 9.88. The van der Waals surface area contributed by atoms with Gasteiger partial charge in [0.05, 0.1) is 12.7 Å². The fraction of sp³-hybridized carbons (Fsp3) is 0.190. The maximum absolute atomic E-state index is 12.8. The van der Waals surface area contributed by atoms with Gasteiger partial charge in [-0.1, -0.05) is 29.8 Å². The highest BCUT2D eigenvalue weighted by Gasteiger charge is 2.33. The second-order valence-electron chi connectivity index (χ2n) is 6.59. The molecule has 1 unspecified atom stereocenters. The summed E-state index contributed by atoms with van der Waals surface area (Å²) in [5.41, 5.74) is 4.53. The molecule has 4 heteroatoms. The van der Waals surface area contributed by atoms with Crippen LogP contribution in [0, 0.1) is 6.92 Å². The van der Waals surface area contributed by atoms with Gasteiger partial charge in [0.2, 0.25) is 11.0 Å². The maximum atomic E-state index is 12.8. The molecule has 3 aromatic rings. The fourth-order valence-corrected chi connectivity index (χ4v) is 4.68. The second-order valence-corrected chi connectivity index (χ2v) is 7.92. The molecule has 1 aliphatic carbocycles. The molecule has 0 fully saturated rings. The third-order valence-electron chi connectivity index (χ3n) is 4.82. The number of allylic oxidation sites excluding steroid dienone is 1. The molecule has 1 atom stereocenters. The molecule has 1 aliphatic rings. The van der Waals surface area contributed by atoms with E-state index < -0.39 is 8.03 Å². The van der Waals surface area contributed by atoms with Gasteiger partial charge in [-0.05, 0) is 40.5 Å². The molecule has 0 N–H and O–H groups in total. The summed E-state index contributed by atoms with van der Waals surface area (Å²) >= 11 is 0. The molecular weight excluding hydrogens is 329 g/mol. The zero-order chi connectivity index (χ0) is 17.7. The monoisotopic (exact) mass is 349 g/mol. The topological polar surface area (TPSA) is 29.3 Å². The molecule has 0 radical (unpaired) electrons. The fourth-order valence-electron chi connectivity index (χ4n) is 3.72. The number of rotatable bonds is 2. The molecule has 3 nitrogen and oxygen atoms in total. The zero-order valence-corrected chi connectivity index (χ0v) is 15.7. The van der Waals surface area contributed by atoms with Crippen molar-refractivity contribution >= 4 is 46.7 Å². The van der Waals surface area contributed by atoms with Gasteiger partial charge in [-0.3, -0.25) is 0 Å². The van der Waals surface area contributed by atoms with Gasteiger partial charge in [0, 0.05) is 22.4 Å². The molecule has 25 heavy (non-hydrogen) atoms. The average Bonchev–Trinajstić information content (AvgIpc) is 2.61. The Morgan fingerprint density at radius 2 is 1.80 bits per heavy atom. The van der Waals surface area contributed by atoms with Crippen LogP contribution in [0.3, 0.4) is 0 Å². The van der Waals surface area contributed by atoms with Crippen LogP contribution in [0.1, 0.15) is 16.7 Å². The summed E-state index contributed by atoms with van der Waals surface area (Å²) in [6, 6.07) is 12.7. The Morgan fingerprint density at radius 3 is 2.52 bits per heavy atom. The Balaban J connectivity index is 2.31. The Bertz CT molecular complexity index is 1120. The molecule has 0 heterocycles. The summed E-state index contributed by atoms with van der Waals surface area (Å²) in [4.78, 5) is 0. The van der Waals surface area contributed by atoms with Crippen LogP contribution in [0.2, 0.25) is 0 Å². The lowest BCUT2D eigenvalue weighted by Gasteiger charge is -2.15. The molecule has 0 bridgehead atoms. The van der Waals surface area contributed by atoms with Crippen molar-refractivity contribution in [3.63, 3.8) is 0 Å². The van der Waals surface area contributed by atoms with E-state index in [1.165, 1.54) is 23.6 Å². The second kappa shape index (κ2) is 5.87. The van der Waals surface area contributed by atoms with E-state index in [0.29, 0.717) is 0 Å². The van der Waals surface area contributed by atoms with Crippen molar-refractivity contribution in [3.05, 3.63) is 59.2 Å². The molecule has 0 spiro atoms. The van der Waals surface area contributed by atoms with E-state index in [1.54, 1.807) is 0 Å². The Morgan fingerprint density at radius 1 is 1.00 bits per heavy atom. The molecular formula is C21H20NO2P+2. The van der Waals surface area contributed by atoms with Crippen LogP contribution in [0.4, 0.5) is 0 Å². The van der Waals surface area contributed by atoms with Crippen molar-refractivity contribution in [1.82, 2.24) is 0 Å². The number of hydrogen-bond acceptors (Lipinski definition) is 2. The van der Waals surface area contributed by atoms with Gasteiger partial charge in [0.1, 0.15) is 14.1 Å². The van der Waals surface area contributed by atoms with Crippen LogP contribution in [-0.2, 0) is 9.09 Å². The summed E-state index contributed by atoms with van der Waals surface area (Å²) in [6.07, 6.45) is 4.17. The van der Waals surface area contributed by atoms with Gasteiger partial charge in [-0.2, -0.15) is 0 Å². The van der Waals surface area contributed by atoms with Gasteiger partial charge < -0.3 is 0 Å². The van der Waals surface area contributed by atoms with E-state index >= 15 is 0 Å². The van der Waals surface area contributed by atoms with Crippen LogP contribution in [0.5, 0.6) is 0 Å². The standard InChI is InChI=1S/C21H20NO2P/c1-13-8-9-15-18(12-13)14-6-5-7-16-19(22(2)3)11-10-17(20(14)16)21(15)25(23)24-4/h5-12H,1-4H3/q+2.